The number of hydrogen-bond acceptors (Lipinski definition) is 1. The number of halogens is 1. The standard InChI is InChI=1S/C10H9ClO2/c11-8-3-1-2-7(6-4-5-6)9(8)10(12)13/h1-3,6H,4-5H2,(H,12,13). The quantitative estimate of drug-likeness (QED) is 0.790. The van der Waals surface area contributed by atoms with Crippen molar-refractivity contribution in [3.05, 3.63) is 34.3 Å². The smallest absolute Gasteiger partial charge is 0.337 e. The summed E-state index contributed by atoms with van der Waals surface area (Å²) in [5.74, 6) is -0.502. The fraction of sp³-hybridized carbons (Fsp3) is 0.300. The van der Waals surface area contributed by atoms with Crippen molar-refractivity contribution in [1.82, 2.24) is 0 Å². The molecule has 1 aromatic carbocycles. The molecule has 0 saturated heterocycles. The summed E-state index contributed by atoms with van der Waals surface area (Å²) in [4.78, 5) is 10.9. The zero-order chi connectivity index (χ0) is 9.42. The third-order valence-corrected chi connectivity index (χ3v) is 2.59. The Morgan fingerprint density at radius 3 is 2.69 bits per heavy atom. The van der Waals surface area contributed by atoms with Gasteiger partial charge in [0.05, 0.1) is 10.6 Å². The van der Waals surface area contributed by atoms with Crippen LogP contribution in [0.2, 0.25) is 5.02 Å². The van der Waals surface area contributed by atoms with Crippen molar-refractivity contribution in [2.45, 2.75) is 18.8 Å². The van der Waals surface area contributed by atoms with E-state index < -0.39 is 5.97 Å². The minimum absolute atomic E-state index is 0.284. The average Bonchev–Trinajstić information content (AvgIpc) is 2.85. The highest BCUT2D eigenvalue weighted by Crippen LogP contribution is 2.42. The average molecular weight is 197 g/mol. The van der Waals surface area contributed by atoms with Gasteiger partial charge in [-0.25, -0.2) is 4.79 Å². The van der Waals surface area contributed by atoms with Crippen molar-refractivity contribution in [3.8, 4) is 0 Å². The lowest BCUT2D eigenvalue weighted by Gasteiger charge is -2.05. The number of benzene rings is 1. The molecule has 1 fully saturated rings. The van der Waals surface area contributed by atoms with Crippen LogP contribution in [0.25, 0.3) is 0 Å². The first-order valence-corrected chi connectivity index (χ1v) is 4.59. The van der Waals surface area contributed by atoms with Crippen LogP contribution in [0, 0.1) is 0 Å². The van der Waals surface area contributed by atoms with E-state index >= 15 is 0 Å². The minimum atomic E-state index is -0.924. The number of aromatic carboxylic acids is 1. The third-order valence-electron chi connectivity index (χ3n) is 2.28. The van der Waals surface area contributed by atoms with Gasteiger partial charge in [-0.1, -0.05) is 23.7 Å². The van der Waals surface area contributed by atoms with Crippen LogP contribution in [-0.2, 0) is 0 Å². The van der Waals surface area contributed by atoms with Gasteiger partial charge in [0.2, 0.25) is 0 Å². The Bertz CT molecular complexity index is 356. The molecule has 0 heterocycles. The van der Waals surface area contributed by atoms with Gasteiger partial charge in [0, 0.05) is 0 Å². The molecule has 1 N–H and O–H groups in total. The van der Waals surface area contributed by atoms with Crippen LogP contribution in [0.5, 0.6) is 0 Å². The summed E-state index contributed by atoms with van der Waals surface area (Å²) in [7, 11) is 0. The minimum Gasteiger partial charge on any atom is -0.478 e. The molecule has 0 aliphatic heterocycles. The fourth-order valence-corrected chi connectivity index (χ4v) is 1.76. The molecule has 2 nitrogen and oxygen atoms in total. The van der Waals surface area contributed by atoms with E-state index in [0.717, 1.165) is 18.4 Å². The van der Waals surface area contributed by atoms with E-state index in [1.54, 1.807) is 6.07 Å². The van der Waals surface area contributed by atoms with Crippen LogP contribution in [0.15, 0.2) is 18.2 Å². The molecule has 1 saturated carbocycles. The van der Waals surface area contributed by atoms with E-state index in [2.05, 4.69) is 0 Å². The molecule has 2 rings (SSSR count). The number of rotatable bonds is 2. The van der Waals surface area contributed by atoms with E-state index in [1.807, 2.05) is 12.1 Å². The predicted molar refractivity (Wildman–Crippen MR) is 50.4 cm³/mol. The zero-order valence-corrected chi connectivity index (χ0v) is 7.71. The molecular formula is C10H9ClO2. The van der Waals surface area contributed by atoms with Crippen LogP contribution in [0.4, 0.5) is 0 Å². The number of hydrogen-bond donors (Lipinski definition) is 1. The first kappa shape index (κ1) is 8.57. The van der Waals surface area contributed by atoms with E-state index in [4.69, 9.17) is 16.7 Å². The zero-order valence-electron chi connectivity index (χ0n) is 6.96. The van der Waals surface area contributed by atoms with Crippen molar-refractivity contribution in [2.24, 2.45) is 0 Å². The van der Waals surface area contributed by atoms with Crippen LogP contribution < -0.4 is 0 Å². The molecule has 1 aromatic rings. The molecule has 1 aliphatic carbocycles. The lowest BCUT2D eigenvalue weighted by molar-refractivity contribution is 0.0696. The maximum absolute atomic E-state index is 10.9. The van der Waals surface area contributed by atoms with Crippen LogP contribution in [-0.4, -0.2) is 11.1 Å². The van der Waals surface area contributed by atoms with Crippen LogP contribution in [0.1, 0.15) is 34.7 Å². The highest BCUT2D eigenvalue weighted by Gasteiger charge is 2.28. The van der Waals surface area contributed by atoms with Gasteiger partial charge in [0.1, 0.15) is 0 Å². The van der Waals surface area contributed by atoms with Crippen molar-refractivity contribution in [3.63, 3.8) is 0 Å². The van der Waals surface area contributed by atoms with Crippen molar-refractivity contribution in [1.29, 1.82) is 0 Å². The number of carbonyl (C=O) groups is 1. The second-order valence-corrected chi connectivity index (χ2v) is 3.69. The predicted octanol–water partition coefficient (Wildman–Crippen LogP) is 2.92. The monoisotopic (exact) mass is 196 g/mol. The summed E-state index contributed by atoms with van der Waals surface area (Å²) in [5.41, 5.74) is 1.17. The number of carboxylic acids is 1. The van der Waals surface area contributed by atoms with E-state index in [9.17, 15) is 4.79 Å². The van der Waals surface area contributed by atoms with Crippen molar-refractivity contribution < 1.29 is 9.90 Å². The molecule has 0 aromatic heterocycles. The second kappa shape index (κ2) is 3.04. The Kier molecular flexibility index (Phi) is 2.00. The lowest BCUT2D eigenvalue weighted by Crippen LogP contribution is -2.02. The molecule has 1 aliphatic rings. The van der Waals surface area contributed by atoms with Gasteiger partial charge in [-0.3, -0.25) is 0 Å². The van der Waals surface area contributed by atoms with E-state index in [1.165, 1.54) is 0 Å². The molecule has 0 bridgehead atoms. The molecule has 0 amide bonds. The van der Waals surface area contributed by atoms with Gasteiger partial charge in [0.25, 0.3) is 0 Å². The summed E-state index contributed by atoms with van der Waals surface area (Å²) in [5, 5.41) is 9.28. The molecule has 0 radical (unpaired) electrons. The molecule has 3 heteroatoms. The Labute approximate surface area is 81.1 Å². The molecule has 68 valence electrons. The topological polar surface area (TPSA) is 37.3 Å². The highest BCUT2D eigenvalue weighted by atomic mass is 35.5. The summed E-state index contributed by atoms with van der Waals surface area (Å²) >= 11 is 5.82. The normalized spacial score (nSPS) is 15.8. The Hall–Kier alpha value is -1.02. The Morgan fingerprint density at radius 2 is 2.15 bits per heavy atom. The molecule has 0 unspecified atom stereocenters. The summed E-state index contributed by atoms with van der Waals surface area (Å²) in [6.45, 7) is 0. The number of carboxylic acid groups (broad SMARTS) is 1. The van der Waals surface area contributed by atoms with Gasteiger partial charge in [-0.15, -0.1) is 0 Å². The van der Waals surface area contributed by atoms with Crippen molar-refractivity contribution in [2.75, 3.05) is 0 Å². The van der Waals surface area contributed by atoms with E-state index in [0.29, 0.717) is 10.9 Å². The van der Waals surface area contributed by atoms with Crippen LogP contribution in [0.3, 0.4) is 0 Å². The first-order valence-electron chi connectivity index (χ1n) is 4.22. The molecule has 0 atom stereocenters. The van der Waals surface area contributed by atoms with Gasteiger partial charge in [-0.2, -0.15) is 0 Å². The largest absolute Gasteiger partial charge is 0.478 e. The summed E-state index contributed by atoms with van der Waals surface area (Å²) < 4.78 is 0. The first-order chi connectivity index (χ1) is 6.20. The van der Waals surface area contributed by atoms with Gasteiger partial charge in [0.15, 0.2) is 0 Å². The summed E-state index contributed by atoms with van der Waals surface area (Å²) in [6, 6.07) is 5.28. The molecular weight excluding hydrogens is 188 g/mol. The lowest BCUT2D eigenvalue weighted by atomic mass is 10.0. The summed E-state index contributed by atoms with van der Waals surface area (Å²) in [6.07, 6.45) is 2.17. The van der Waals surface area contributed by atoms with Gasteiger partial charge in [-0.05, 0) is 30.4 Å². The van der Waals surface area contributed by atoms with Gasteiger partial charge < -0.3 is 5.11 Å². The van der Waals surface area contributed by atoms with Gasteiger partial charge >= 0.3 is 5.97 Å². The Balaban J connectivity index is 2.53. The second-order valence-electron chi connectivity index (χ2n) is 3.28. The van der Waals surface area contributed by atoms with E-state index in [-0.39, 0.29) is 5.56 Å². The molecule has 13 heavy (non-hydrogen) atoms. The molecule has 0 spiro atoms. The maximum Gasteiger partial charge on any atom is 0.337 e. The SMILES string of the molecule is O=C(O)c1c(Cl)cccc1C1CC1. The maximum atomic E-state index is 10.9. The Morgan fingerprint density at radius 1 is 1.46 bits per heavy atom. The van der Waals surface area contributed by atoms with Crippen molar-refractivity contribution >= 4 is 17.6 Å². The third kappa shape index (κ3) is 1.54. The highest BCUT2D eigenvalue weighted by molar-refractivity contribution is 6.33. The van der Waals surface area contributed by atoms with Crippen LogP contribution >= 0.6 is 11.6 Å². The fourth-order valence-electron chi connectivity index (χ4n) is 1.50.